The minimum atomic E-state index is -0.458. The maximum Gasteiger partial charge on any atom is 0.410 e. The molecule has 1 atom stereocenters. The van der Waals surface area contributed by atoms with Crippen LogP contribution in [-0.4, -0.2) is 46.2 Å². The molecule has 1 aliphatic rings. The van der Waals surface area contributed by atoms with E-state index in [0.717, 1.165) is 25.9 Å². The second kappa shape index (κ2) is 7.13. The second-order valence-electron chi connectivity index (χ2n) is 6.54. The van der Waals surface area contributed by atoms with Crippen LogP contribution in [0.25, 0.3) is 0 Å². The lowest BCUT2D eigenvalue weighted by atomic mass is 9.98. The van der Waals surface area contributed by atoms with Crippen LogP contribution in [0.5, 0.6) is 0 Å². The van der Waals surface area contributed by atoms with Gasteiger partial charge in [0.2, 0.25) is 0 Å². The van der Waals surface area contributed by atoms with Crippen molar-refractivity contribution in [2.45, 2.75) is 39.2 Å². The van der Waals surface area contributed by atoms with E-state index in [1.807, 2.05) is 20.8 Å². The molecule has 1 N–H and O–H groups in total. The molecule has 6 nitrogen and oxygen atoms in total. The SMILES string of the molecule is CC(C)(C)OC(=O)N1CCC[C@H](CNc2cc(Cl)ncn2)C1. The molecule has 0 bridgehead atoms. The number of nitrogens with zero attached hydrogens (tertiary/aromatic N) is 3. The Kier molecular flexibility index (Phi) is 5.45. The zero-order valence-corrected chi connectivity index (χ0v) is 14.1. The lowest BCUT2D eigenvalue weighted by Gasteiger charge is -2.34. The van der Waals surface area contributed by atoms with Crippen molar-refractivity contribution in [2.75, 3.05) is 25.0 Å². The number of aromatic nitrogens is 2. The maximum absolute atomic E-state index is 12.1. The molecule has 1 saturated heterocycles. The number of carbonyl (C=O) groups is 1. The molecule has 0 aromatic carbocycles. The summed E-state index contributed by atoms with van der Waals surface area (Å²) in [4.78, 5) is 21.9. The van der Waals surface area contributed by atoms with Gasteiger partial charge in [-0.25, -0.2) is 14.8 Å². The van der Waals surface area contributed by atoms with E-state index in [1.165, 1.54) is 6.33 Å². The first-order valence-corrected chi connectivity index (χ1v) is 7.90. The van der Waals surface area contributed by atoms with E-state index in [-0.39, 0.29) is 6.09 Å². The summed E-state index contributed by atoms with van der Waals surface area (Å²) in [6.07, 6.45) is 3.25. The van der Waals surface area contributed by atoms with Crippen molar-refractivity contribution in [2.24, 2.45) is 5.92 Å². The Hall–Kier alpha value is -1.56. The first kappa shape index (κ1) is 16.8. The van der Waals surface area contributed by atoms with E-state index < -0.39 is 5.60 Å². The van der Waals surface area contributed by atoms with Crippen LogP contribution in [0.4, 0.5) is 10.6 Å². The molecule has 1 aliphatic heterocycles. The van der Waals surface area contributed by atoms with Gasteiger partial charge < -0.3 is 15.0 Å². The number of hydrogen-bond acceptors (Lipinski definition) is 5. The van der Waals surface area contributed by atoms with Gasteiger partial charge in [-0.05, 0) is 39.5 Å². The number of halogens is 1. The predicted molar refractivity (Wildman–Crippen MR) is 86.1 cm³/mol. The van der Waals surface area contributed by atoms with E-state index in [2.05, 4.69) is 15.3 Å². The average Bonchev–Trinajstić information content (AvgIpc) is 2.44. The lowest BCUT2D eigenvalue weighted by molar-refractivity contribution is 0.0172. The van der Waals surface area contributed by atoms with Gasteiger partial charge in [0.15, 0.2) is 0 Å². The quantitative estimate of drug-likeness (QED) is 0.864. The highest BCUT2D eigenvalue weighted by Gasteiger charge is 2.27. The van der Waals surface area contributed by atoms with Gasteiger partial charge in [-0.15, -0.1) is 0 Å². The third-order valence-corrected chi connectivity index (χ3v) is 3.58. The summed E-state index contributed by atoms with van der Waals surface area (Å²) in [7, 11) is 0. The summed E-state index contributed by atoms with van der Waals surface area (Å²) in [6, 6.07) is 1.69. The molecule has 1 amide bonds. The monoisotopic (exact) mass is 326 g/mol. The molecule has 1 fully saturated rings. The van der Waals surface area contributed by atoms with Crippen molar-refractivity contribution in [3.8, 4) is 0 Å². The standard InChI is InChI=1S/C15H23ClN4O2/c1-15(2,3)22-14(21)20-6-4-5-11(9-20)8-17-13-7-12(16)18-10-19-13/h7,10-11H,4-6,8-9H2,1-3H3,(H,17,18,19)/t11-/m1/s1. The van der Waals surface area contributed by atoms with Crippen molar-refractivity contribution in [3.05, 3.63) is 17.5 Å². The molecule has 22 heavy (non-hydrogen) atoms. The maximum atomic E-state index is 12.1. The highest BCUT2D eigenvalue weighted by atomic mass is 35.5. The third-order valence-electron chi connectivity index (χ3n) is 3.38. The van der Waals surface area contributed by atoms with Crippen LogP contribution in [0.2, 0.25) is 5.15 Å². The number of piperidine rings is 1. The topological polar surface area (TPSA) is 67.3 Å². The zero-order chi connectivity index (χ0) is 16.2. The van der Waals surface area contributed by atoms with E-state index >= 15 is 0 Å². The largest absolute Gasteiger partial charge is 0.444 e. The normalized spacial score (nSPS) is 18.9. The van der Waals surface area contributed by atoms with E-state index in [4.69, 9.17) is 16.3 Å². The number of likely N-dealkylation sites (tertiary alicyclic amines) is 1. The number of nitrogens with one attached hydrogen (secondary N) is 1. The summed E-state index contributed by atoms with van der Waals surface area (Å²) in [5.41, 5.74) is -0.458. The smallest absolute Gasteiger partial charge is 0.410 e. The van der Waals surface area contributed by atoms with E-state index in [9.17, 15) is 4.79 Å². The molecule has 0 unspecified atom stereocenters. The van der Waals surface area contributed by atoms with Gasteiger partial charge in [0.05, 0.1) is 0 Å². The third kappa shape index (κ3) is 5.33. The Morgan fingerprint density at radius 2 is 2.27 bits per heavy atom. The summed E-state index contributed by atoms with van der Waals surface area (Å²) >= 11 is 5.83. The van der Waals surface area contributed by atoms with Crippen LogP contribution in [0, 0.1) is 5.92 Å². The van der Waals surface area contributed by atoms with Crippen molar-refractivity contribution in [3.63, 3.8) is 0 Å². The number of amides is 1. The summed E-state index contributed by atoms with van der Waals surface area (Å²) < 4.78 is 5.43. The molecule has 0 spiro atoms. The Morgan fingerprint density at radius 1 is 1.50 bits per heavy atom. The van der Waals surface area contributed by atoms with Gasteiger partial charge in [0.25, 0.3) is 0 Å². The van der Waals surface area contributed by atoms with Crippen molar-refractivity contribution in [1.82, 2.24) is 14.9 Å². The highest BCUT2D eigenvalue weighted by molar-refractivity contribution is 6.29. The van der Waals surface area contributed by atoms with Gasteiger partial charge in [-0.2, -0.15) is 0 Å². The van der Waals surface area contributed by atoms with Gasteiger partial charge in [0.1, 0.15) is 22.9 Å². The Labute approximate surface area is 136 Å². The molecule has 0 aliphatic carbocycles. The van der Waals surface area contributed by atoms with Crippen LogP contribution in [-0.2, 0) is 4.74 Å². The Balaban J connectivity index is 1.84. The van der Waals surface area contributed by atoms with Crippen LogP contribution >= 0.6 is 11.6 Å². The van der Waals surface area contributed by atoms with Crippen LogP contribution < -0.4 is 5.32 Å². The highest BCUT2D eigenvalue weighted by Crippen LogP contribution is 2.20. The van der Waals surface area contributed by atoms with Crippen LogP contribution in [0.15, 0.2) is 12.4 Å². The molecule has 1 aromatic rings. The second-order valence-corrected chi connectivity index (χ2v) is 6.93. The molecular weight excluding hydrogens is 304 g/mol. The lowest BCUT2D eigenvalue weighted by Crippen LogP contribution is -2.44. The fourth-order valence-corrected chi connectivity index (χ4v) is 2.55. The van der Waals surface area contributed by atoms with E-state index in [0.29, 0.717) is 23.4 Å². The predicted octanol–water partition coefficient (Wildman–Crippen LogP) is 3.19. The van der Waals surface area contributed by atoms with Crippen molar-refractivity contribution in [1.29, 1.82) is 0 Å². The molecular formula is C15H23ClN4O2. The number of carbonyl (C=O) groups excluding carboxylic acids is 1. The van der Waals surface area contributed by atoms with Gasteiger partial charge in [-0.1, -0.05) is 11.6 Å². The molecule has 2 heterocycles. The van der Waals surface area contributed by atoms with Gasteiger partial charge >= 0.3 is 6.09 Å². The molecule has 122 valence electrons. The zero-order valence-electron chi connectivity index (χ0n) is 13.3. The minimum absolute atomic E-state index is 0.234. The molecule has 2 rings (SSSR count). The molecule has 0 saturated carbocycles. The van der Waals surface area contributed by atoms with E-state index in [1.54, 1.807) is 11.0 Å². The fourth-order valence-electron chi connectivity index (χ4n) is 2.40. The summed E-state index contributed by atoms with van der Waals surface area (Å²) in [5, 5.41) is 3.66. The van der Waals surface area contributed by atoms with Gasteiger partial charge in [-0.3, -0.25) is 0 Å². The fraction of sp³-hybridized carbons (Fsp3) is 0.667. The number of rotatable bonds is 3. The van der Waals surface area contributed by atoms with Gasteiger partial charge in [0, 0.05) is 25.7 Å². The van der Waals surface area contributed by atoms with Crippen molar-refractivity contribution < 1.29 is 9.53 Å². The van der Waals surface area contributed by atoms with Crippen LogP contribution in [0.1, 0.15) is 33.6 Å². The Bertz CT molecular complexity index is 519. The number of anilines is 1. The minimum Gasteiger partial charge on any atom is -0.444 e. The van der Waals surface area contributed by atoms with Crippen LogP contribution in [0.3, 0.4) is 0 Å². The summed E-state index contributed by atoms with van der Waals surface area (Å²) in [5.74, 6) is 1.07. The molecule has 1 aromatic heterocycles. The Morgan fingerprint density at radius 3 is 2.95 bits per heavy atom. The molecule has 0 radical (unpaired) electrons. The number of ether oxygens (including phenoxy) is 1. The number of hydrogen-bond donors (Lipinski definition) is 1. The summed E-state index contributed by atoms with van der Waals surface area (Å²) in [6.45, 7) is 7.84. The molecule has 7 heteroatoms. The van der Waals surface area contributed by atoms with Crippen molar-refractivity contribution >= 4 is 23.5 Å². The first-order valence-electron chi connectivity index (χ1n) is 7.53. The average molecular weight is 327 g/mol. The first-order chi connectivity index (χ1) is 10.3.